The maximum Gasteiger partial charge on any atom is 0.323 e. The number of benzene rings is 3. The zero-order chi connectivity index (χ0) is 38.5. The van der Waals surface area contributed by atoms with Crippen LogP contribution in [0.2, 0.25) is 0 Å². The van der Waals surface area contributed by atoms with E-state index in [9.17, 15) is 18.0 Å². The molecule has 0 atom stereocenters. The number of rotatable bonds is 13. The summed E-state index contributed by atoms with van der Waals surface area (Å²) >= 11 is 1.32. The molecule has 13 nitrogen and oxygen atoms in total. The normalized spacial score (nSPS) is 11.8. The first kappa shape index (κ1) is 39.0. The van der Waals surface area contributed by atoms with Crippen molar-refractivity contribution in [2.24, 2.45) is 0 Å². The van der Waals surface area contributed by atoms with Crippen molar-refractivity contribution in [2.45, 2.75) is 44.9 Å². The number of nitrogen functional groups attached to an aromatic ring is 1. The number of likely N-dealkylation sites (N-methyl/N-ethyl adjacent to an activating group) is 1. The Hall–Kier alpha value is -5.25. The number of methoxy groups -OCH3 is 1. The quantitative estimate of drug-likeness (QED) is 0.0901. The minimum Gasteiger partial charge on any atom is -0.493 e. The van der Waals surface area contributed by atoms with Crippen LogP contribution in [0, 0.1) is 0 Å². The van der Waals surface area contributed by atoms with Crippen LogP contribution in [0.3, 0.4) is 0 Å². The van der Waals surface area contributed by atoms with Crippen molar-refractivity contribution in [3.05, 3.63) is 77.4 Å². The lowest BCUT2D eigenvalue weighted by molar-refractivity contribution is 0.0944. The number of nitrogens with zero attached hydrogens (tertiary/aromatic N) is 3. The van der Waals surface area contributed by atoms with Gasteiger partial charge in [-0.1, -0.05) is 58.9 Å². The summed E-state index contributed by atoms with van der Waals surface area (Å²) in [5.74, 6) is 0.748. The number of ether oxygens (including phenoxy) is 2. The van der Waals surface area contributed by atoms with E-state index in [1.165, 1.54) is 18.4 Å². The summed E-state index contributed by atoms with van der Waals surface area (Å²) in [7, 11) is -2.50. The smallest absolute Gasteiger partial charge is 0.323 e. The second-order valence-corrected chi connectivity index (χ2v) is 16.1. The largest absolute Gasteiger partial charge is 0.493 e. The topological polar surface area (TPSA) is 178 Å². The Labute approximate surface area is 313 Å². The maximum atomic E-state index is 13.5. The van der Waals surface area contributed by atoms with Gasteiger partial charge in [0.15, 0.2) is 15.6 Å². The highest BCUT2D eigenvalue weighted by Gasteiger charge is 2.29. The van der Waals surface area contributed by atoms with Crippen molar-refractivity contribution < 1.29 is 27.5 Å². The first-order valence-electron chi connectivity index (χ1n) is 17.1. The molecule has 15 heteroatoms. The van der Waals surface area contributed by atoms with Crippen molar-refractivity contribution in [2.75, 3.05) is 55.9 Å². The van der Waals surface area contributed by atoms with Gasteiger partial charge < -0.3 is 36.1 Å². The highest BCUT2D eigenvalue weighted by atomic mass is 32.2. The molecule has 3 aromatic carbocycles. The van der Waals surface area contributed by atoms with Gasteiger partial charge in [0.2, 0.25) is 0 Å². The summed E-state index contributed by atoms with van der Waals surface area (Å²) in [6, 6.07) is 15.4. The zero-order valence-corrected chi connectivity index (χ0v) is 32.5. The number of amides is 3. The highest BCUT2D eigenvalue weighted by Crippen LogP contribution is 2.43. The fourth-order valence-corrected chi connectivity index (χ4v) is 7.66. The molecule has 5 aromatic rings. The lowest BCUT2D eigenvalue weighted by Crippen LogP contribution is -2.34. The number of urea groups is 1. The number of hydrogen-bond acceptors (Lipinski definition) is 11. The molecule has 53 heavy (non-hydrogen) atoms. The second kappa shape index (κ2) is 16.2. The highest BCUT2D eigenvalue weighted by molar-refractivity contribution is 7.91. The average molecular weight is 760 g/mol. The third kappa shape index (κ3) is 9.04. The molecular formula is C38H45N7O6S2. The Kier molecular flexibility index (Phi) is 11.9. The minimum atomic E-state index is -3.82. The number of aromatic nitrogens is 2. The summed E-state index contributed by atoms with van der Waals surface area (Å²) in [5.41, 5.74) is 7.96. The predicted octanol–water partition coefficient (Wildman–Crippen LogP) is 7.16. The van der Waals surface area contributed by atoms with Crippen molar-refractivity contribution >= 4 is 60.9 Å². The van der Waals surface area contributed by atoms with E-state index in [2.05, 4.69) is 44.7 Å². The molecule has 0 spiro atoms. The van der Waals surface area contributed by atoms with Gasteiger partial charge in [0.05, 0.1) is 24.2 Å². The van der Waals surface area contributed by atoms with Crippen LogP contribution in [0.5, 0.6) is 17.2 Å². The Morgan fingerprint density at radius 2 is 1.68 bits per heavy atom. The van der Waals surface area contributed by atoms with Gasteiger partial charge in [0, 0.05) is 47.8 Å². The van der Waals surface area contributed by atoms with Crippen LogP contribution in [0.15, 0.2) is 71.1 Å². The Balaban J connectivity index is 1.35. The zero-order valence-electron chi connectivity index (χ0n) is 30.9. The van der Waals surface area contributed by atoms with Gasteiger partial charge in [-0.2, -0.15) is 0 Å². The summed E-state index contributed by atoms with van der Waals surface area (Å²) in [5, 5.41) is 12.3. The molecule has 0 unspecified atom stereocenters. The van der Waals surface area contributed by atoms with E-state index in [0.29, 0.717) is 51.1 Å². The molecule has 2 aromatic heterocycles. The molecule has 0 aliphatic carbocycles. The molecule has 0 aliphatic heterocycles. The van der Waals surface area contributed by atoms with E-state index in [0.717, 1.165) is 31.3 Å². The molecule has 0 fully saturated rings. The molecule has 0 saturated carbocycles. The van der Waals surface area contributed by atoms with Crippen LogP contribution in [-0.2, 0) is 15.3 Å². The molecule has 0 bridgehead atoms. The first-order valence-corrected chi connectivity index (χ1v) is 19.8. The van der Waals surface area contributed by atoms with E-state index in [1.807, 2.05) is 45.0 Å². The number of pyridine rings is 1. The Morgan fingerprint density at radius 1 is 0.981 bits per heavy atom. The van der Waals surface area contributed by atoms with Gasteiger partial charge in [-0.15, -0.1) is 11.3 Å². The standard InChI is InChI=1S/C38H45N7O6S2/c1-8-45(9-2)19-18-41-35(46)30-22-52-36(42-30)29-20-23(16-17-40-29)51-31-15-14-27(24-12-10-11-13-25(24)31)43-37(47)44-28-21-26(38(3,4)5)32(39)34(33(28)50-6)53(7,48)49/h10-17,20-22H,8-9,18-19,39H2,1-7H3,(H,41,46)(H2,43,44,47). The number of hydrogen-bond donors (Lipinski definition) is 4. The fraction of sp³-hybridized carbons (Fsp3) is 0.316. The number of carbonyl (C=O) groups excluding carboxylic acids is 2. The number of fused-ring (bicyclic) bond motifs is 1. The van der Waals surface area contributed by atoms with E-state index in [4.69, 9.17) is 15.2 Å². The fourth-order valence-electron chi connectivity index (χ4n) is 5.86. The number of thiazole rings is 1. The molecule has 0 aliphatic rings. The second-order valence-electron chi connectivity index (χ2n) is 13.3. The van der Waals surface area contributed by atoms with Gasteiger partial charge in [0.1, 0.15) is 32.8 Å². The van der Waals surface area contributed by atoms with Crippen molar-refractivity contribution in [3.8, 4) is 28.0 Å². The molecule has 280 valence electrons. The van der Waals surface area contributed by atoms with Gasteiger partial charge in [0.25, 0.3) is 5.91 Å². The summed E-state index contributed by atoms with van der Waals surface area (Å²) in [4.78, 5) is 37.2. The third-order valence-electron chi connectivity index (χ3n) is 8.56. The van der Waals surface area contributed by atoms with Gasteiger partial charge in [-0.05, 0) is 48.3 Å². The molecule has 2 heterocycles. The number of carbonyl (C=O) groups is 2. The molecule has 3 amide bonds. The van der Waals surface area contributed by atoms with Crippen molar-refractivity contribution in [1.82, 2.24) is 20.2 Å². The van der Waals surface area contributed by atoms with Gasteiger partial charge >= 0.3 is 6.03 Å². The van der Waals surface area contributed by atoms with E-state index >= 15 is 0 Å². The lowest BCUT2D eigenvalue weighted by atomic mass is 9.85. The van der Waals surface area contributed by atoms with Crippen LogP contribution in [0.1, 0.15) is 50.7 Å². The third-order valence-corrected chi connectivity index (χ3v) is 10.6. The van der Waals surface area contributed by atoms with E-state index in [1.54, 1.807) is 41.9 Å². The van der Waals surface area contributed by atoms with E-state index in [-0.39, 0.29) is 27.9 Å². The van der Waals surface area contributed by atoms with Gasteiger partial charge in [-0.25, -0.2) is 18.2 Å². The lowest BCUT2D eigenvalue weighted by Gasteiger charge is -2.26. The van der Waals surface area contributed by atoms with Crippen LogP contribution in [-0.4, -0.2) is 74.8 Å². The number of nitrogens with one attached hydrogen (secondary N) is 3. The first-order chi connectivity index (χ1) is 25.1. The molecule has 0 saturated heterocycles. The summed E-state index contributed by atoms with van der Waals surface area (Å²) in [6.45, 7) is 13.0. The van der Waals surface area contributed by atoms with Crippen LogP contribution in [0.25, 0.3) is 21.5 Å². The van der Waals surface area contributed by atoms with E-state index < -0.39 is 21.3 Å². The maximum absolute atomic E-state index is 13.5. The minimum absolute atomic E-state index is 0.0541. The number of nitrogens with two attached hydrogens (primary N) is 1. The monoisotopic (exact) mass is 759 g/mol. The average Bonchev–Trinajstić information content (AvgIpc) is 3.61. The Bertz CT molecular complexity index is 2250. The van der Waals surface area contributed by atoms with Crippen molar-refractivity contribution in [3.63, 3.8) is 0 Å². The molecular weight excluding hydrogens is 715 g/mol. The molecule has 5 N–H and O–H groups in total. The van der Waals surface area contributed by atoms with Crippen LogP contribution >= 0.6 is 11.3 Å². The molecule has 0 radical (unpaired) electrons. The number of anilines is 3. The van der Waals surface area contributed by atoms with Gasteiger partial charge in [-0.3, -0.25) is 9.78 Å². The molecule has 5 rings (SSSR count). The Morgan fingerprint density at radius 3 is 2.34 bits per heavy atom. The number of sulfone groups is 1. The van der Waals surface area contributed by atoms with Crippen LogP contribution in [0.4, 0.5) is 21.9 Å². The summed E-state index contributed by atoms with van der Waals surface area (Å²) < 4.78 is 37.4. The predicted molar refractivity (Wildman–Crippen MR) is 211 cm³/mol. The van der Waals surface area contributed by atoms with Crippen LogP contribution < -0.4 is 31.2 Å². The SMILES string of the molecule is CCN(CC)CCNC(=O)c1csc(-c2cc(Oc3ccc(NC(=O)Nc4cc(C(C)(C)C)c(N)c(S(C)(=O)=O)c4OC)c4ccccc34)ccn2)n1. The van der Waals surface area contributed by atoms with Crippen molar-refractivity contribution in [1.29, 1.82) is 0 Å². The summed E-state index contributed by atoms with van der Waals surface area (Å²) in [6.07, 6.45) is 2.66.